The van der Waals surface area contributed by atoms with Crippen LogP contribution in [-0.4, -0.2) is 21.6 Å². The fourth-order valence-electron chi connectivity index (χ4n) is 3.45. The minimum Gasteiger partial charge on any atom is -0.380 e. The number of nitrogens with one attached hydrogen (secondary N) is 1. The minimum absolute atomic E-state index is 0.270. The fraction of sp³-hybridized carbons (Fsp3) is 0.286. The Kier molecular flexibility index (Phi) is 4.28. The van der Waals surface area contributed by atoms with Gasteiger partial charge in [0.15, 0.2) is 0 Å². The van der Waals surface area contributed by atoms with Crippen molar-refractivity contribution in [3.8, 4) is 17.2 Å². The summed E-state index contributed by atoms with van der Waals surface area (Å²) in [6.07, 6.45) is 6.24. The second-order valence-corrected chi connectivity index (χ2v) is 7.16. The Morgan fingerprint density at radius 3 is 2.93 bits per heavy atom. The molecule has 136 valence electrons. The van der Waals surface area contributed by atoms with Crippen LogP contribution in [0.15, 0.2) is 42.7 Å². The van der Waals surface area contributed by atoms with Crippen molar-refractivity contribution in [2.45, 2.75) is 32.2 Å². The van der Waals surface area contributed by atoms with Gasteiger partial charge in [-0.2, -0.15) is 10.4 Å². The molecule has 1 aliphatic rings. The zero-order chi connectivity index (χ0) is 19.0. The lowest BCUT2D eigenvalue weighted by molar-refractivity contribution is 0.100. The number of nitrogens with zero attached hydrogens (tertiary/aromatic N) is 3. The highest BCUT2D eigenvalue weighted by atomic mass is 16.1. The zero-order valence-electron chi connectivity index (χ0n) is 15.1. The summed E-state index contributed by atoms with van der Waals surface area (Å²) in [5, 5.41) is 16.8. The van der Waals surface area contributed by atoms with E-state index in [-0.39, 0.29) is 6.04 Å². The van der Waals surface area contributed by atoms with Crippen LogP contribution in [-0.2, 0) is 6.42 Å². The molecule has 3 aromatic rings. The van der Waals surface area contributed by atoms with Crippen molar-refractivity contribution in [3.05, 3.63) is 53.9 Å². The first-order valence-corrected chi connectivity index (χ1v) is 9.11. The lowest BCUT2D eigenvalue weighted by Crippen LogP contribution is -2.22. The maximum Gasteiger partial charge on any atom is 0.252 e. The van der Waals surface area contributed by atoms with Crippen LogP contribution in [0.1, 0.15) is 35.7 Å². The molecule has 1 aromatic carbocycles. The molecule has 27 heavy (non-hydrogen) atoms. The van der Waals surface area contributed by atoms with Gasteiger partial charge in [-0.15, -0.1) is 0 Å². The van der Waals surface area contributed by atoms with Crippen LogP contribution >= 0.6 is 0 Å². The van der Waals surface area contributed by atoms with Gasteiger partial charge < -0.3 is 11.1 Å². The SMILES string of the molecule is C[C@@H](Nc1c(C(N)=O)cnn2cc(-c3cccc(CC#N)c3)cc12)C1CC1. The smallest absolute Gasteiger partial charge is 0.252 e. The van der Waals surface area contributed by atoms with Crippen LogP contribution in [0.5, 0.6) is 0 Å². The van der Waals surface area contributed by atoms with Crippen molar-refractivity contribution in [2.24, 2.45) is 11.7 Å². The van der Waals surface area contributed by atoms with Crippen molar-refractivity contribution >= 4 is 17.1 Å². The van der Waals surface area contributed by atoms with E-state index in [1.54, 1.807) is 4.52 Å². The zero-order valence-corrected chi connectivity index (χ0v) is 15.1. The molecule has 3 N–H and O–H groups in total. The average Bonchev–Trinajstić information content (AvgIpc) is 3.41. The molecule has 1 aliphatic carbocycles. The number of hydrogen-bond acceptors (Lipinski definition) is 4. The summed E-state index contributed by atoms with van der Waals surface area (Å²) in [7, 11) is 0. The van der Waals surface area contributed by atoms with Gasteiger partial charge in [0.1, 0.15) is 0 Å². The molecule has 0 unspecified atom stereocenters. The van der Waals surface area contributed by atoms with Crippen molar-refractivity contribution in [1.29, 1.82) is 5.26 Å². The normalized spacial score (nSPS) is 14.7. The fourth-order valence-corrected chi connectivity index (χ4v) is 3.45. The molecular formula is C21H21N5O. The number of amides is 1. The third kappa shape index (κ3) is 3.36. The van der Waals surface area contributed by atoms with Gasteiger partial charge in [0.25, 0.3) is 5.91 Å². The Morgan fingerprint density at radius 1 is 1.41 bits per heavy atom. The molecule has 0 radical (unpaired) electrons. The van der Waals surface area contributed by atoms with Crippen LogP contribution in [0.3, 0.4) is 0 Å². The van der Waals surface area contributed by atoms with Crippen LogP contribution in [0.25, 0.3) is 16.6 Å². The van der Waals surface area contributed by atoms with Crippen molar-refractivity contribution in [3.63, 3.8) is 0 Å². The molecule has 4 rings (SSSR count). The minimum atomic E-state index is -0.491. The molecule has 0 saturated heterocycles. The molecular weight excluding hydrogens is 338 g/mol. The number of rotatable bonds is 6. The topological polar surface area (TPSA) is 96.2 Å². The first-order valence-electron chi connectivity index (χ1n) is 9.11. The van der Waals surface area contributed by atoms with Gasteiger partial charge in [0.05, 0.1) is 35.5 Å². The maximum atomic E-state index is 11.9. The second kappa shape index (κ2) is 6.76. The number of nitrogens with two attached hydrogens (primary N) is 1. The molecule has 0 bridgehead atoms. The van der Waals surface area contributed by atoms with Crippen molar-refractivity contribution < 1.29 is 4.79 Å². The summed E-state index contributed by atoms with van der Waals surface area (Å²) in [5.41, 5.74) is 10.5. The summed E-state index contributed by atoms with van der Waals surface area (Å²) >= 11 is 0. The highest BCUT2D eigenvalue weighted by molar-refractivity contribution is 6.02. The molecule has 1 amide bonds. The molecule has 6 nitrogen and oxygen atoms in total. The summed E-state index contributed by atoms with van der Waals surface area (Å²) in [5.74, 6) is 0.144. The van der Waals surface area contributed by atoms with Gasteiger partial charge in [0, 0.05) is 17.8 Å². The first kappa shape index (κ1) is 17.1. The summed E-state index contributed by atoms with van der Waals surface area (Å²) in [4.78, 5) is 11.9. The molecule has 1 fully saturated rings. The number of benzene rings is 1. The van der Waals surface area contributed by atoms with Gasteiger partial charge in [-0.25, -0.2) is 4.52 Å². The molecule has 2 heterocycles. The maximum absolute atomic E-state index is 11.9. The van der Waals surface area contributed by atoms with Gasteiger partial charge in [-0.3, -0.25) is 4.79 Å². The Hall–Kier alpha value is -3.33. The van der Waals surface area contributed by atoms with Gasteiger partial charge >= 0.3 is 0 Å². The quantitative estimate of drug-likeness (QED) is 0.705. The van der Waals surface area contributed by atoms with Crippen molar-refractivity contribution in [1.82, 2.24) is 9.61 Å². The van der Waals surface area contributed by atoms with E-state index < -0.39 is 5.91 Å². The Labute approximate surface area is 157 Å². The highest BCUT2D eigenvalue weighted by Gasteiger charge is 2.29. The number of carbonyl (C=O) groups is 1. The Bertz CT molecular complexity index is 1060. The van der Waals surface area contributed by atoms with E-state index in [0.29, 0.717) is 17.9 Å². The lowest BCUT2D eigenvalue weighted by atomic mass is 10.0. The monoisotopic (exact) mass is 359 g/mol. The first-order chi connectivity index (χ1) is 13.1. The van der Waals surface area contributed by atoms with Crippen LogP contribution in [0, 0.1) is 17.2 Å². The number of primary amides is 1. The van der Waals surface area contributed by atoms with Gasteiger partial charge in [-0.05, 0) is 42.9 Å². The van der Waals surface area contributed by atoms with E-state index in [4.69, 9.17) is 11.0 Å². The molecule has 1 saturated carbocycles. The van der Waals surface area contributed by atoms with Crippen LogP contribution in [0.4, 0.5) is 5.69 Å². The van der Waals surface area contributed by atoms with Gasteiger partial charge in [0.2, 0.25) is 0 Å². The third-order valence-electron chi connectivity index (χ3n) is 5.15. The molecule has 6 heteroatoms. The van der Waals surface area contributed by atoms with E-state index >= 15 is 0 Å². The predicted octanol–water partition coefficient (Wildman–Crippen LogP) is 3.38. The van der Waals surface area contributed by atoms with E-state index in [0.717, 1.165) is 27.9 Å². The highest BCUT2D eigenvalue weighted by Crippen LogP contribution is 2.36. The number of nitriles is 1. The largest absolute Gasteiger partial charge is 0.380 e. The average molecular weight is 359 g/mol. The van der Waals surface area contributed by atoms with E-state index in [9.17, 15) is 4.79 Å². The summed E-state index contributed by atoms with van der Waals surface area (Å²) in [6, 6.07) is 12.4. The van der Waals surface area contributed by atoms with Crippen molar-refractivity contribution in [2.75, 3.05) is 5.32 Å². The molecule has 1 atom stereocenters. The molecule has 0 aliphatic heterocycles. The summed E-state index contributed by atoms with van der Waals surface area (Å²) < 4.78 is 1.76. The number of carbonyl (C=O) groups excluding carboxylic acids is 1. The molecule has 0 spiro atoms. The lowest BCUT2D eigenvalue weighted by Gasteiger charge is -2.17. The van der Waals surface area contributed by atoms with Crippen LogP contribution < -0.4 is 11.1 Å². The third-order valence-corrected chi connectivity index (χ3v) is 5.15. The van der Waals surface area contributed by atoms with E-state index in [2.05, 4.69) is 23.4 Å². The number of aromatic nitrogens is 2. The number of anilines is 1. The van der Waals surface area contributed by atoms with Crippen LogP contribution in [0.2, 0.25) is 0 Å². The predicted molar refractivity (Wildman–Crippen MR) is 104 cm³/mol. The number of fused-ring (bicyclic) bond motifs is 1. The second-order valence-electron chi connectivity index (χ2n) is 7.16. The number of hydrogen-bond donors (Lipinski definition) is 2. The van der Waals surface area contributed by atoms with Gasteiger partial charge in [-0.1, -0.05) is 24.3 Å². The van der Waals surface area contributed by atoms with E-state index in [1.165, 1.54) is 19.0 Å². The Balaban J connectivity index is 1.80. The molecule has 2 aromatic heterocycles. The van der Waals surface area contributed by atoms with E-state index in [1.807, 2.05) is 36.5 Å². The standard InChI is InChI=1S/C21H21N5O/c1-13(15-5-6-15)25-20-18(21(23)27)11-24-26-12-17(10-19(20)26)16-4-2-3-14(9-16)7-8-22/h2-4,9-13,15,25H,5-7H2,1H3,(H2,23,27)/t13-/m1/s1. The summed E-state index contributed by atoms with van der Waals surface area (Å²) in [6.45, 7) is 2.13. The Morgan fingerprint density at radius 2 is 2.22 bits per heavy atom.